The van der Waals surface area contributed by atoms with Gasteiger partial charge in [0.1, 0.15) is 0 Å². The number of aliphatic carboxylic acids is 1. The Kier molecular flexibility index (Phi) is 5.66. The Labute approximate surface area is 156 Å². The van der Waals surface area contributed by atoms with Crippen LogP contribution in [0.2, 0.25) is 0 Å². The van der Waals surface area contributed by atoms with Gasteiger partial charge in [-0.15, -0.1) is 0 Å². The Bertz CT molecular complexity index is 990. The van der Waals surface area contributed by atoms with Gasteiger partial charge in [0.15, 0.2) is 0 Å². The van der Waals surface area contributed by atoms with E-state index >= 15 is 0 Å². The average Bonchev–Trinajstić information content (AvgIpc) is 3.02. The van der Waals surface area contributed by atoms with E-state index in [1.807, 2.05) is 47.3 Å². The summed E-state index contributed by atoms with van der Waals surface area (Å²) in [5.41, 5.74) is 3.97. The van der Waals surface area contributed by atoms with Crippen molar-refractivity contribution >= 4 is 28.9 Å². The van der Waals surface area contributed by atoms with Crippen LogP contribution >= 0.6 is 0 Å². The van der Waals surface area contributed by atoms with E-state index in [9.17, 15) is 9.59 Å². The lowest BCUT2D eigenvalue weighted by Crippen LogP contribution is -2.06. The third kappa shape index (κ3) is 4.61. The van der Waals surface area contributed by atoms with Crippen LogP contribution in [0.4, 0.5) is 0 Å². The number of benzene rings is 1. The molecular weight excluding hydrogens is 344 g/mol. The molecule has 2 aromatic heterocycles. The maximum absolute atomic E-state index is 11.5. The highest BCUT2D eigenvalue weighted by molar-refractivity contribution is 5.89. The van der Waals surface area contributed by atoms with Crippen LogP contribution in [0.1, 0.15) is 23.1 Å². The van der Waals surface area contributed by atoms with Crippen LogP contribution in [0.25, 0.3) is 17.0 Å². The highest BCUT2D eigenvalue weighted by atomic mass is 16.5. The summed E-state index contributed by atoms with van der Waals surface area (Å²) in [7, 11) is 1.38. The maximum atomic E-state index is 11.5. The minimum atomic E-state index is -0.985. The number of carbonyl (C=O) groups is 2. The minimum Gasteiger partial charge on any atom is -0.478 e. The van der Waals surface area contributed by atoms with Gasteiger partial charge in [-0.3, -0.25) is 9.78 Å². The van der Waals surface area contributed by atoms with Crippen molar-refractivity contribution in [3.63, 3.8) is 0 Å². The van der Waals surface area contributed by atoms with Gasteiger partial charge < -0.3 is 14.4 Å². The van der Waals surface area contributed by atoms with Crippen LogP contribution < -0.4 is 0 Å². The summed E-state index contributed by atoms with van der Waals surface area (Å²) in [6.07, 6.45) is 9.27. The largest absolute Gasteiger partial charge is 0.478 e. The van der Waals surface area contributed by atoms with Gasteiger partial charge in [-0.2, -0.15) is 0 Å². The standard InChI is InChI=1S/C21H20N2O4/c1-27-21(26)8-10-23-14-17(11-16-3-2-9-22-13-16)18-12-15(4-6-19(18)23)5-7-20(24)25/h2-7,9,12-14H,8,10-11H2,1H3,(H,24,25)/b7-5+. The quantitative estimate of drug-likeness (QED) is 0.514. The van der Waals surface area contributed by atoms with E-state index in [4.69, 9.17) is 9.84 Å². The molecule has 0 fully saturated rings. The van der Waals surface area contributed by atoms with Crippen molar-refractivity contribution in [1.82, 2.24) is 9.55 Å². The lowest BCUT2D eigenvalue weighted by Gasteiger charge is -2.04. The van der Waals surface area contributed by atoms with Gasteiger partial charge in [-0.1, -0.05) is 12.1 Å². The molecule has 0 bridgehead atoms. The zero-order valence-electron chi connectivity index (χ0n) is 15.0. The normalized spacial score (nSPS) is 11.1. The van der Waals surface area contributed by atoms with E-state index in [1.165, 1.54) is 7.11 Å². The number of pyridine rings is 1. The minimum absolute atomic E-state index is 0.258. The van der Waals surface area contributed by atoms with Crippen LogP contribution in [-0.4, -0.2) is 33.7 Å². The molecule has 0 aliphatic carbocycles. The molecule has 3 aromatic rings. The number of carboxylic acid groups (broad SMARTS) is 1. The monoisotopic (exact) mass is 364 g/mol. The zero-order valence-corrected chi connectivity index (χ0v) is 15.0. The summed E-state index contributed by atoms with van der Waals surface area (Å²) in [5, 5.41) is 9.87. The van der Waals surface area contributed by atoms with E-state index in [0.29, 0.717) is 13.0 Å². The predicted molar refractivity (Wildman–Crippen MR) is 102 cm³/mol. The van der Waals surface area contributed by atoms with Crippen LogP contribution in [-0.2, 0) is 27.3 Å². The Balaban J connectivity index is 2.00. The van der Waals surface area contributed by atoms with Gasteiger partial charge in [-0.25, -0.2) is 4.79 Å². The molecule has 0 radical (unpaired) electrons. The van der Waals surface area contributed by atoms with Crippen molar-refractivity contribution < 1.29 is 19.4 Å². The first kappa shape index (κ1) is 18.4. The van der Waals surface area contributed by atoms with E-state index < -0.39 is 5.97 Å². The molecule has 0 amide bonds. The van der Waals surface area contributed by atoms with Crippen molar-refractivity contribution in [3.8, 4) is 0 Å². The number of hydrogen-bond donors (Lipinski definition) is 1. The van der Waals surface area contributed by atoms with Crippen molar-refractivity contribution in [2.45, 2.75) is 19.4 Å². The molecular formula is C21H20N2O4. The molecule has 0 aliphatic heterocycles. The number of methoxy groups -OCH3 is 1. The summed E-state index contributed by atoms with van der Waals surface area (Å²) < 4.78 is 6.77. The topological polar surface area (TPSA) is 81.4 Å². The number of esters is 1. The Hall–Kier alpha value is -3.41. The summed E-state index contributed by atoms with van der Waals surface area (Å²) in [5.74, 6) is -1.24. The molecule has 138 valence electrons. The lowest BCUT2D eigenvalue weighted by molar-refractivity contribution is -0.140. The summed E-state index contributed by atoms with van der Waals surface area (Å²) in [6.45, 7) is 0.514. The van der Waals surface area contributed by atoms with E-state index in [1.54, 1.807) is 12.3 Å². The average molecular weight is 364 g/mol. The molecule has 1 N–H and O–H groups in total. The van der Waals surface area contributed by atoms with E-state index in [-0.39, 0.29) is 12.4 Å². The van der Waals surface area contributed by atoms with Crippen molar-refractivity contribution in [2.75, 3.05) is 7.11 Å². The smallest absolute Gasteiger partial charge is 0.328 e. The second kappa shape index (κ2) is 8.31. The van der Waals surface area contributed by atoms with Crippen LogP contribution in [0.5, 0.6) is 0 Å². The number of rotatable bonds is 7. The molecule has 0 saturated heterocycles. The number of ether oxygens (including phenoxy) is 1. The fourth-order valence-electron chi connectivity index (χ4n) is 3.02. The Morgan fingerprint density at radius 1 is 1.30 bits per heavy atom. The molecule has 0 unspecified atom stereocenters. The van der Waals surface area contributed by atoms with Gasteiger partial charge in [0.25, 0.3) is 0 Å². The highest BCUT2D eigenvalue weighted by Crippen LogP contribution is 2.26. The number of carboxylic acids is 1. The van der Waals surface area contributed by atoms with Crippen LogP contribution in [0.3, 0.4) is 0 Å². The number of aryl methyl sites for hydroxylation is 1. The molecule has 6 nitrogen and oxygen atoms in total. The summed E-state index contributed by atoms with van der Waals surface area (Å²) >= 11 is 0. The van der Waals surface area contributed by atoms with Crippen molar-refractivity contribution in [2.24, 2.45) is 0 Å². The van der Waals surface area contributed by atoms with Gasteiger partial charge in [0.05, 0.1) is 13.5 Å². The van der Waals surface area contributed by atoms with Gasteiger partial charge in [0.2, 0.25) is 0 Å². The number of nitrogens with zero attached hydrogens (tertiary/aromatic N) is 2. The molecule has 27 heavy (non-hydrogen) atoms. The second-order valence-electron chi connectivity index (χ2n) is 6.16. The second-order valence-corrected chi connectivity index (χ2v) is 6.16. The molecule has 0 aliphatic rings. The first-order valence-corrected chi connectivity index (χ1v) is 8.55. The fourth-order valence-corrected chi connectivity index (χ4v) is 3.02. The van der Waals surface area contributed by atoms with Gasteiger partial charge in [-0.05, 0) is 41.0 Å². The zero-order chi connectivity index (χ0) is 19.2. The molecule has 2 heterocycles. The number of hydrogen-bond acceptors (Lipinski definition) is 4. The van der Waals surface area contributed by atoms with Crippen molar-refractivity contribution in [3.05, 3.63) is 71.7 Å². The molecule has 0 saturated carbocycles. The number of fused-ring (bicyclic) bond motifs is 1. The van der Waals surface area contributed by atoms with E-state index in [0.717, 1.165) is 33.7 Å². The molecule has 0 spiro atoms. The van der Waals surface area contributed by atoms with Crippen LogP contribution in [0.15, 0.2) is 55.0 Å². The SMILES string of the molecule is COC(=O)CCn1cc(Cc2cccnc2)c2cc(/C=C/C(=O)O)ccc21. The van der Waals surface area contributed by atoms with Crippen LogP contribution in [0, 0.1) is 0 Å². The van der Waals surface area contributed by atoms with Gasteiger partial charge >= 0.3 is 11.9 Å². The third-order valence-electron chi connectivity index (χ3n) is 4.31. The first-order chi connectivity index (χ1) is 13.1. The summed E-state index contributed by atoms with van der Waals surface area (Å²) in [6, 6.07) is 9.69. The van der Waals surface area contributed by atoms with E-state index in [2.05, 4.69) is 4.98 Å². The number of carbonyl (C=O) groups excluding carboxylic acids is 1. The summed E-state index contributed by atoms with van der Waals surface area (Å²) in [4.78, 5) is 26.5. The Morgan fingerprint density at radius 2 is 2.15 bits per heavy atom. The number of aromatic nitrogens is 2. The predicted octanol–water partition coefficient (Wildman–Crippen LogP) is 3.29. The van der Waals surface area contributed by atoms with Crippen molar-refractivity contribution in [1.29, 1.82) is 0 Å². The first-order valence-electron chi connectivity index (χ1n) is 8.55. The molecule has 3 rings (SSSR count). The molecule has 1 aromatic carbocycles. The van der Waals surface area contributed by atoms with Gasteiger partial charge in [0, 0.05) is 48.5 Å². The highest BCUT2D eigenvalue weighted by Gasteiger charge is 2.11. The maximum Gasteiger partial charge on any atom is 0.328 e. The fraction of sp³-hybridized carbons (Fsp3) is 0.190. The lowest BCUT2D eigenvalue weighted by atomic mass is 10.0. The third-order valence-corrected chi connectivity index (χ3v) is 4.31. The Morgan fingerprint density at radius 3 is 2.85 bits per heavy atom. The molecule has 0 atom stereocenters. The molecule has 6 heteroatoms.